The van der Waals surface area contributed by atoms with Crippen molar-refractivity contribution < 1.29 is 4.42 Å². The average Bonchev–Trinajstić information content (AvgIpc) is 2.79. The van der Waals surface area contributed by atoms with Crippen molar-refractivity contribution in [2.75, 3.05) is 11.9 Å². The van der Waals surface area contributed by atoms with E-state index in [4.69, 9.17) is 10.2 Å². The molecule has 0 aliphatic rings. The van der Waals surface area contributed by atoms with Crippen LogP contribution in [0.3, 0.4) is 0 Å². The van der Waals surface area contributed by atoms with E-state index in [1.807, 2.05) is 37.4 Å². The number of nitrogens with two attached hydrogens (primary N) is 1. The van der Waals surface area contributed by atoms with E-state index >= 15 is 0 Å². The average molecular weight is 216 g/mol. The van der Waals surface area contributed by atoms with Crippen molar-refractivity contribution in [2.45, 2.75) is 13.1 Å². The van der Waals surface area contributed by atoms with Gasteiger partial charge in [0.2, 0.25) is 0 Å². The van der Waals surface area contributed by atoms with Gasteiger partial charge in [-0.2, -0.15) is 0 Å². The monoisotopic (exact) mass is 216 g/mol. The first-order chi connectivity index (χ1) is 7.79. The Kier molecular flexibility index (Phi) is 3.27. The lowest BCUT2D eigenvalue weighted by Gasteiger charge is -2.15. The highest BCUT2D eigenvalue weighted by Crippen LogP contribution is 2.18. The van der Waals surface area contributed by atoms with E-state index in [1.54, 1.807) is 0 Å². The molecule has 3 heteroatoms. The summed E-state index contributed by atoms with van der Waals surface area (Å²) in [4.78, 5) is 2.06. The Labute approximate surface area is 95.5 Å². The summed E-state index contributed by atoms with van der Waals surface area (Å²) in [6.45, 7) is 1.28. The molecule has 1 aromatic heterocycles. The van der Waals surface area contributed by atoms with E-state index in [9.17, 15) is 0 Å². The number of anilines is 1. The summed E-state index contributed by atoms with van der Waals surface area (Å²) >= 11 is 0. The SMILES string of the molecule is CN(Cc1ccccc1)c1ccc(CN)o1. The van der Waals surface area contributed by atoms with Gasteiger partial charge in [0.25, 0.3) is 0 Å². The quantitative estimate of drug-likeness (QED) is 0.853. The minimum atomic E-state index is 0.444. The van der Waals surface area contributed by atoms with E-state index in [0.29, 0.717) is 6.54 Å². The minimum Gasteiger partial charge on any atom is -0.444 e. The molecule has 0 aliphatic heterocycles. The molecule has 2 rings (SSSR count). The van der Waals surface area contributed by atoms with Gasteiger partial charge in [0.1, 0.15) is 5.76 Å². The van der Waals surface area contributed by atoms with Gasteiger partial charge >= 0.3 is 0 Å². The summed E-state index contributed by atoms with van der Waals surface area (Å²) in [6.07, 6.45) is 0. The maximum absolute atomic E-state index is 5.57. The van der Waals surface area contributed by atoms with E-state index in [-0.39, 0.29) is 0 Å². The summed E-state index contributed by atoms with van der Waals surface area (Å²) < 4.78 is 5.57. The number of benzene rings is 1. The van der Waals surface area contributed by atoms with Crippen molar-refractivity contribution in [3.05, 3.63) is 53.8 Å². The van der Waals surface area contributed by atoms with Crippen molar-refractivity contribution in [2.24, 2.45) is 5.73 Å². The summed E-state index contributed by atoms with van der Waals surface area (Å²) in [6, 6.07) is 14.2. The van der Waals surface area contributed by atoms with Crippen LogP contribution >= 0.6 is 0 Å². The number of hydrogen-bond donors (Lipinski definition) is 1. The molecule has 0 saturated heterocycles. The fourth-order valence-electron chi connectivity index (χ4n) is 1.62. The van der Waals surface area contributed by atoms with Crippen LogP contribution in [-0.2, 0) is 13.1 Å². The van der Waals surface area contributed by atoms with Gasteiger partial charge in [0.05, 0.1) is 6.54 Å². The van der Waals surface area contributed by atoms with Crippen molar-refractivity contribution in [3.8, 4) is 0 Å². The van der Waals surface area contributed by atoms with Crippen LogP contribution in [-0.4, -0.2) is 7.05 Å². The maximum Gasteiger partial charge on any atom is 0.195 e. The molecule has 2 aromatic rings. The van der Waals surface area contributed by atoms with Gasteiger partial charge in [-0.15, -0.1) is 0 Å². The Morgan fingerprint density at radius 3 is 2.50 bits per heavy atom. The molecule has 1 heterocycles. The van der Waals surface area contributed by atoms with E-state index < -0.39 is 0 Å². The van der Waals surface area contributed by atoms with E-state index in [0.717, 1.165) is 18.2 Å². The number of rotatable bonds is 4. The third kappa shape index (κ3) is 2.44. The van der Waals surface area contributed by atoms with Crippen LogP contribution in [0.25, 0.3) is 0 Å². The van der Waals surface area contributed by atoms with Crippen LogP contribution in [0.1, 0.15) is 11.3 Å². The predicted octanol–water partition coefficient (Wildman–Crippen LogP) is 2.37. The third-order valence-electron chi connectivity index (χ3n) is 2.49. The second-order valence-electron chi connectivity index (χ2n) is 3.79. The molecular formula is C13H16N2O. The maximum atomic E-state index is 5.57. The largest absolute Gasteiger partial charge is 0.444 e. The first kappa shape index (κ1) is 10.8. The summed E-state index contributed by atoms with van der Waals surface area (Å²) in [7, 11) is 2.01. The van der Waals surface area contributed by atoms with Gasteiger partial charge in [0, 0.05) is 19.7 Å². The zero-order valence-electron chi connectivity index (χ0n) is 9.39. The highest BCUT2D eigenvalue weighted by Gasteiger charge is 2.06. The van der Waals surface area contributed by atoms with Crippen LogP contribution in [0.5, 0.6) is 0 Å². The van der Waals surface area contributed by atoms with Crippen molar-refractivity contribution in [1.82, 2.24) is 0 Å². The van der Waals surface area contributed by atoms with Crippen molar-refractivity contribution in [1.29, 1.82) is 0 Å². The predicted molar refractivity (Wildman–Crippen MR) is 65.1 cm³/mol. The minimum absolute atomic E-state index is 0.444. The smallest absolute Gasteiger partial charge is 0.195 e. The second kappa shape index (κ2) is 4.86. The number of hydrogen-bond acceptors (Lipinski definition) is 3. The van der Waals surface area contributed by atoms with Crippen LogP contribution in [0.4, 0.5) is 5.88 Å². The first-order valence-corrected chi connectivity index (χ1v) is 5.33. The highest BCUT2D eigenvalue weighted by molar-refractivity contribution is 5.36. The molecule has 84 valence electrons. The summed E-state index contributed by atoms with van der Waals surface area (Å²) in [5, 5.41) is 0. The molecule has 0 bridgehead atoms. The Morgan fingerprint density at radius 1 is 1.12 bits per heavy atom. The number of furan rings is 1. The lowest BCUT2D eigenvalue weighted by molar-refractivity contribution is 0.506. The molecule has 0 saturated carbocycles. The zero-order chi connectivity index (χ0) is 11.4. The fourth-order valence-corrected chi connectivity index (χ4v) is 1.62. The number of nitrogens with zero attached hydrogens (tertiary/aromatic N) is 1. The molecule has 0 amide bonds. The van der Waals surface area contributed by atoms with Gasteiger partial charge in [-0.05, 0) is 11.6 Å². The topological polar surface area (TPSA) is 42.4 Å². The molecule has 16 heavy (non-hydrogen) atoms. The molecule has 2 N–H and O–H groups in total. The first-order valence-electron chi connectivity index (χ1n) is 5.33. The van der Waals surface area contributed by atoms with Gasteiger partial charge in [-0.3, -0.25) is 0 Å². The normalized spacial score (nSPS) is 10.4. The molecule has 0 atom stereocenters. The van der Waals surface area contributed by atoms with Gasteiger partial charge in [-0.25, -0.2) is 0 Å². The Hall–Kier alpha value is -1.74. The van der Waals surface area contributed by atoms with E-state index in [2.05, 4.69) is 17.0 Å². The van der Waals surface area contributed by atoms with Gasteiger partial charge in [0.15, 0.2) is 5.88 Å². The summed E-state index contributed by atoms with van der Waals surface area (Å²) in [5.74, 6) is 1.67. The van der Waals surface area contributed by atoms with Crippen molar-refractivity contribution >= 4 is 5.88 Å². The Morgan fingerprint density at radius 2 is 1.88 bits per heavy atom. The summed E-state index contributed by atoms with van der Waals surface area (Å²) in [5.41, 5.74) is 6.76. The fraction of sp³-hybridized carbons (Fsp3) is 0.231. The van der Waals surface area contributed by atoms with Crippen LogP contribution in [0, 0.1) is 0 Å². The second-order valence-corrected chi connectivity index (χ2v) is 3.79. The molecule has 0 unspecified atom stereocenters. The van der Waals surface area contributed by atoms with Crippen LogP contribution in [0.2, 0.25) is 0 Å². The molecule has 3 nitrogen and oxygen atoms in total. The lowest BCUT2D eigenvalue weighted by Crippen LogP contribution is -2.15. The van der Waals surface area contributed by atoms with Crippen LogP contribution < -0.4 is 10.6 Å². The molecule has 0 fully saturated rings. The molecule has 1 aromatic carbocycles. The standard InChI is InChI=1S/C13H16N2O/c1-15(10-11-5-3-2-4-6-11)13-8-7-12(9-14)16-13/h2-8H,9-10,14H2,1H3. The van der Waals surface area contributed by atoms with Crippen LogP contribution in [0.15, 0.2) is 46.9 Å². The molecule has 0 aliphatic carbocycles. The highest BCUT2D eigenvalue weighted by atomic mass is 16.4. The Balaban J connectivity index is 2.05. The van der Waals surface area contributed by atoms with Gasteiger partial charge < -0.3 is 15.1 Å². The lowest BCUT2D eigenvalue weighted by atomic mass is 10.2. The Bertz CT molecular complexity index is 436. The van der Waals surface area contributed by atoms with E-state index in [1.165, 1.54) is 5.56 Å². The molecule has 0 radical (unpaired) electrons. The van der Waals surface area contributed by atoms with Crippen molar-refractivity contribution in [3.63, 3.8) is 0 Å². The molecule has 0 spiro atoms. The zero-order valence-corrected chi connectivity index (χ0v) is 9.39. The third-order valence-corrected chi connectivity index (χ3v) is 2.49. The molecular weight excluding hydrogens is 200 g/mol. The van der Waals surface area contributed by atoms with Gasteiger partial charge in [-0.1, -0.05) is 30.3 Å².